The van der Waals surface area contributed by atoms with Crippen molar-refractivity contribution in [3.63, 3.8) is 0 Å². The molecule has 2 aliphatic rings. The van der Waals surface area contributed by atoms with Crippen LogP contribution in [-0.2, 0) is 11.2 Å². The van der Waals surface area contributed by atoms with Crippen LogP contribution in [-0.4, -0.2) is 44.3 Å². The fourth-order valence-electron chi connectivity index (χ4n) is 4.22. The number of halogens is 1. The molecule has 1 amide bonds. The predicted octanol–water partition coefficient (Wildman–Crippen LogP) is 4.28. The lowest BCUT2D eigenvalue weighted by molar-refractivity contribution is 0.0164. The van der Waals surface area contributed by atoms with Crippen LogP contribution in [0.4, 0.5) is 0 Å². The highest BCUT2D eigenvalue weighted by Gasteiger charge is 2.39. The Kier molecular flexibility index (Phi) is 5.47. The number of fused-ring (bicyclic) bond motifs is 1. The van der Waals surface area contributed by atoms with E-state index in [1.165, 1.54) is 5.56 Å². The zero-order valence-electron chi connectivity index (χ0n) is 16.1. The molecule has 0 saturated carbocycles. The summed E-state index contributed by atoms with van der Waals surface area (Å²) < 4.78 is 17.0. The molecule has 2 heterocycles. The number of hydrogen-bond acceptors (Lipinski definition) is 4. The highest BCUT2D eigenvalue weighted by molar-refractivity contribution is 6.30. The fourth-order valence-corrected chi connectivity index (χ4v) is 4.34. The Bertz CT molecular complexity index is 862. The first-order valence-electron chi connectivity index (χ1n) is 9.55. The molecule has 5 nitrogen and oxygen atoms in total. The molecule has 2 aliphatic heterocycles. The van der Waals surface area contributed by atoms with Gasteiger partial charge in [-0.15, -0.1) is 0 Å². The maximum atomic E-state index is 13.3. The van der Waals surface area contributed by atoms with Gasteiger partial charge in [0.05, 0.1) is 26.4 Å². The largest absolute Gasteiger partial charge is 0.493 e. The predicted molar refractivity (Wildman–Crippen MR) is 107 cm³/mol. The number of amides is 1. The van der Waals surface area contributed by atoms with E-state index < -0.39 is 0 Å². The minimum Gasteiger partial charge on any atom is -0.493 e. The molecule has 6 heteroatoms. The summed E-state index contributed by atoms with van der Waals surface area (Å²) >= 11 is 5.99. The van der Waals surface area contributed by atoms with E-state index in [9.17, 15) is 4.79 Å². The highest BCUT2D eigenvalue weighted by atomic mass is 35.5. The number of benzene rings is 2. The lowest BCUT2D eigenvalue weighted by Crippen LogP contribution is -2.45. The van der Waals surface area contributed by atoms with Gasteiger partial charge in [0.2, 0.25) is 0 Å². The van der Waals surface area contributed by atoms with E-state index in [2.05, 4.69) is 0 Å². The van der Waals surface area contributed by atoms with Crippen LogP contribution in [0.3, 0.4) is 0 Å². The average Bonchev–Trinajstić information content (AvgIpc) is 3.26. The van der Waals surface area contributed by atoms with E-state index in [1.807, 2.05) is 17.0 Å². The third-order valence-corrected chi connectivity index (χ3v) is 5.84. The van der Waals surface area contributed by atoms with Gasteiger partial charge in [0.15, 0.2) is 11.5 Å². The lowest BCUT2D eigenvalue weighted by Gasteiger charge is -2.40. The summed E-state index contributed by atoms with van der Waals surface area (Å²) in [6.45, 7) is 1.36. The first-order valence-corrected chi connectivity index (χ1v) is 9.93. The second-order valence-electron chi connectivity index (χ2n) is 7.16. The molecule has 0 aromatic heterocycles. The minimum absolute atomic E-state index is 0.00222. The quantitative estimate of drug-likeness (QED) is 0.767. The van der Waals surface area contributed by atoms with Gasteiger partial charge in [-0.3, -0.25) is 4.79 Å². The number of hydrogen-bond donors (Lipinski definition) is 0. The normalized spacial score (nSPS) is 21.3. The first kappa shape index (κ1) is 19.1. The SMILES string of the molecule is COc1cc2c(cc1OC)C(C1CCCO1)N(C(=O)c1ccc(Cl)cc1)CC2. The van der Waals surface area contributed by atoms with Gasteiger partial charge in [-0.25, -0.2) is 0 Å². The Morgan fingerprint density at radius 1 is 1.14 bits per heavy atom. The Hall–Kier alpha value is -2.24. The van der Waals surface area contributed by atoms with Gasteiger partial charge in [0.25, 0.3) is 5.91 Å². The molecular formula is C22H24ClNO4. The zero-order chi connectivity index (χ0) is 19.7. The molecule has 0 radical (unpaired) electrons. The monoisotopic (exact) mass is 401 g/mol. The smallest absolute Gasteiger partial charge is 0.254 e. The molecule has 2 atom stereocenters. The third kappa shape index (κ3) is 3.45. The van der Waals surface area contributed by atoms with E-state index in [-0.39, 0.29) is 18.1 Å². The van der Waals surface area contributed by atoms with Crippen molar-refractivity contribution in [1.29, 1.82) is 0 Å². The molecular weight excluding hydrogens is 378 g/mol. The van der Waals surface area contributed by atoms with Gasteiger partial charge in [-0.05, 0) is 66.8 Å². The molecule has 2 unspecified atom stereocenters. The van der Waals surface area contributed by atoms with Crippen molar-refractivity contribution in [2.45, 2.75) is 31.4 Å². The van der Waals surface area contributed by atoms with Gasteiger partial charge in [0, 0.05) is 23.7 Å². The van der Waals surface area contributed by atoms with E-state index in [0.717, 1.165) is 31.4 Å². The maximum Gasteiger partial charge on any atom is 0.254 e. The molecule has 0 N–H and O–H groups in total. The lowest BCUT2D eigenvalue weighted by atomic mass is 9.87. The molecule has 2 aromatic carbocycles. The van der Waals surface area contributed by atoms with Crippen LogP contribution in [0.25, 0.3) is 0 Å². The Morgan fingerprint density at radius 3 is 2.50 bits per heavy atom. The van der Waals surface area contributed by atoms with Crippen molar-refractivity contribution < 1.29 is 19.0 Å². The second kappa shape index (κ2) is 8.02. The van der Waals surface area contributed by atoms with Crippen LogP contribution in [0.15, 0.2) is 36.4 Å². The highest BCUT2D eigenvalue weighted by Crippen LogP contribution is 2.42. The molecule has 4 rings (SSSR count). The van der Waals surface area contributed by atoms with Gasteiger partial charge >= 0.3 is 0 Å². The number of carbonyl (C=O) groups is 1. The molecule has 0 aliphatic carbocycles. The van der Waals surface area contributed by atoms with Crippen LogP contribution in [0.5, 0.6) is 11.5 Å². The minimum atomic E-state index is -0.144. The summed E-state index contributed by atoms with van der Waals surface area (Å²) in [5.41, 5.74) is 2.90. The Morgan fingerprint density at radius 2 is 1.86 bits per heavy atom. The molecule has 1 saturated heterocycles. The molecule has 28 heavy (non-hydrogen) atoms. The number of methoxy groups -OCH3 is 2. The van der Waals surface area contributed by atoms with Crippen LogP contribution in [0.2, 0.25) is 5.02 Å². The van der Waals surface area contributed by atoms with E-state index in [1.54, 1.807) is 38.5 Å². The van der Waals surface area contributed by atoms with Crippen LogP contribution in [0.1, 0.15) is 40.4 Å². The summed E-state index contributed by atoms with van der Waals surface area (Å²) in [6, 6.07) is 10.9. The van der Waals surface area contributed by atoms with Crippen molar-refractivity contribution in [3.8, 4) is 11.5 Å². The summed E-state index contributed by atoms with van der Waals surface area (Å²) in [6.07, 6.45) is 2.68. The van der Waals surface area contributed by atoms with Gasteiger partial charge < -0.3 is 19.1 Å². The van der Waals surface area contributed by atoms with Crippen molar-refractivity contribution in [2.24, 2.45) is 0 Å². The number of rotatable bonds is 4. The third-order valence-electron chi connectivity index (χ3n) is 5.59. The number of nitrogens with zero attached hydrogens (tertiary/aromatic N) is 1. The topological polar surface area (TPSA) is 48.0 Å². The van der Waals surface area contributed by atoms with Crippen LogP contribution >= 0.6 is 11.6 Å². The van der Waals surface area contributed by atoms with Gasteiger partial charge in [-0.1, -0.05) is 11.6 Å². The fraction of sp³-hybridized carbons (Fsp3) is 0.409. The van der Waals surface area contributed by atoms with Crippen LogP contribution in [0, 0.1) is 0 Å². The van der Waals surface area contributed by atoms with Crippen molar-refractivity contribution in [1.82, 2.24) is 4.90 Å². The summed E-state index contributed by atoms with van der Waals surface area (Å²) in [4.78, 5) is 15.3. The maximum absolute atomic E-state index is 13.3. The van der Waals surface area contributed by atoms with Gasteiger partial charge in [-0.2, -0.15) is 0 Å². The summed E-state index contributed by atoms with van der Waals surface area (Å²) in [5.74, 6) is 1.38. The van der Waals surface area contributed by atoms with E-state index >= 15 is 0 Å². The zero-order valence-corrected chi connectivity index (χ0v) is 16.9. The van der Waals surface area contributed by atoms with Crippen molar-refractivity contribution in [3.05, 3.63) is 58.1 Å². The molecule has 0 spiro atoms. The average molecular weight is 402 g/mol. The van der Waals surface area contributed by atoms with Gasteiger partial charge in [0.1, 0.15) is 0 Å². The number of carbonyl (C=O) groups excluding carboxylic acids is 1. The Labute approximate surface area is 170 Å². The number of ether oxygens (including phenoxy) is 3. The standard InChI is InChI=1S/C22H24ClNO4/c1-26-19-12-15-9-10-24(22(25)14-5-7-16(23)8-6-14)21(18-4-3-11-28-18)17(15)13-20(19)27-2/h5-8,12-13,18,21H,3-4,9-11H2,1-2H3. The second-order valence-corrected chi connectivity index (χ2v) is 7.59. The van der Waals surface area contributed by atoms with Crippen LogP contribution < -0.4 is 9.47 Å². The first-order chi connectivity index (χ1) is 13.6. The van der Waals surface area contributed by atoms with Crippen molar-refractivity contribution in [2.75, 3.05) is 27.4 Å². The van der Waals surface area contributed by atoms with E-state index in [4.69, 9.17) is 25.8 Å². The molecule has 148 valence electrons. The van der Waals surface area contributed by atoms with E-state index in [0.29, 0.717) is 28.6 Å². The molecule has 1 fully saturated rings. The molecule has 0 bridgehead atoms. The summed E-state index contributed by atoms with van der Waals surface area (Å²) in [7, 11) is 3.27. The Balaban J connectivity index is 1.75. The van der Waals surface area contributed by atoms with Crippen molar-refractivity contribution >= 4 is 17.5 Å². The summed E-state index contributed by atoms with van der Waals surface area (Å²) in [5, 5.41) is 0.619. The molecule has 2 aromatic rings.